The summed E-state index contributed by atoms with van der Waals surface area (Å²) in [7, 11) is 0. The molecule has 136 heavy (non-hydrogen) atoms. The van der Waals surface area contributed by atoms with E-state index < -0.39 is 26.6 Å². The summed E-state index contributed by atoms with van der Waals surface area (Å²) in [5, 5.41) is 107. The number of aromatic nitrogens is 2. The number of nitro groups is 3. The van der Waals surface area contributed by atoms with E-state index >= 15 is 0 Å². The highest BCUT2D eigenvalue weighted by atomic mass is 35.5. The van der Waals surface area contributed by atoms with E-state index in [1.165, 1.54) is 42.3 Å². The molecule has 4 saturated carbocycles. The number of carbonyl (C=O) groups is 5. The molecule has 13 rings (SSSR count). The number of piperidine rings is 3. The molecular formula is C102H156ClN17O16. The molecule has 7 fully saturated rings. The molecule has 6 aromatic rings. The molecule has 0 bridgehead atoms. The Hall–Kier alpha value is -9.71. The number of nitro benzene ring substituents is 3. The van der Waals surface area contributed by atoms with Gasteiger partial charge in [-0.1, -0.05) is 29.8 Å². The molecule has 3 aliphatic heterocycles. The lowest BCUT2D eigenvalue weighted by atomic mass is 9.83. The highest BCUT2D eigenvalue weighted by molar-refractivity contribution is 6.32. The molecular weight excluding hydrogens is 1750 g/mol. The molecule has 4 aliphatic carbocycles. The lowest BCUT2D eigenvalue weighted by Gasteiger charge is -2.37. The largest absolute Gasteiger partial charge is 0.397 e. The van der Waals surface area contributed by atoms with Crippen molar-refractivity contribution < 1.29 is 64.3 Å². The number of nitrogens with two attached hydrogens (primary N) is 1. The summed E-state index contributed by atoms with van der Waals surface area (Å²) in [6.45, 7) is 36.8. The normalized spacial score (nSPS) is 21.3. The fraction of sp³-hybridized carbons (Fsp3) is 0.647. The molecule has 3 saturated heterocycles. The number of amides is 5. The number of likely N-dealkylation sites (tertiary alicyclic amines) is 3. The van der Waals surface area contributed by atoms with E-state index in [0.29, 0.717) is 52.2 Å². The maximum Gasteiger partial charge on any atom is 0.292 e. The lowest BCUT2D eigenvalue weighted by molar-refractivity contribution is -0.384. The summed E-state index contributed by atoms with van der Waals surface area (Å²) in [5.41, 5.74) is 13.8. The minimum Gasteiger partial charge on any atom is -0.397 e. The second-order valence-electron chi connectivity index (χ2n) is 41.7. The van der Waals surface area contributed by atoms with Gasteiger partial charge in [0.05, 0.1) is 67.2 Å². The molecule has 4 heterocycles. The van der Waals surface area contributed by atoms with Crippen molar-refractivity contribution in [2.75, 3.05) is 66.3 Å². The van der Waals surface area contributed by atoms with Gasteiger partial charge in [-0.25, -0.2) is 4.98 Å². The zero-order chi connectivity index (χ0) is 99.6. The number of nitrogens with zero attached hydrogens (tertiary/aromatic N) is 8. The highest BCUT2D eigenvalue weighted by Gasteiger charge is 2.38. The minimum absolute atomic E-state index is 0.00637. The number of aliphatic hydroxyl groups is 5. The Morgan fingerprint density at radius 2 is 0.713 bits per heavy atom. The zero-order valence-electron chi connectivity index (χ0n) is 82.9. The van der Waals surface area contributed by atoms with Crippen LogP contribution in [0.5, 0.6) is 0 Å². The summed E-state index contributed by atoms with van der Waals surface area (Å²) in [6, 6.07) is 28.2. The van der Waals surface area contributed by atoms with Crippen molar-refractivity contribution >= 4 is 97.9 Å². The van der Waals surface area contributed by atoms with E-state index in [2.05, 4.69) is 92.1 Å². The third-order valence-electron chi connectivity index (χ3n) is 27.8. The molecule has 0 unspecified atom stereocenters. The Morgan fingerprint density at radius 3 is 1.04 bits per heavy atom. The summed E-state index contributed by atoms with van der Waals surface area (Å²) >= 11 is 5.55. The van der Waals surface area contributed by atoms with Crippen LogP contribution in [0.4, 0.5) is 45.8 Å². The van der Waals surface area contributed by atoms with Gasteiger partial charge in [-0.2, -0.15) is 0 Å². The molecule has 0 spiro atoms. The first-order chi connectivity index (χ1) is 64.2. The molecule has 0 radical (unpaired) electrons. The Morgan fingerprint density at radius 1 is 0.419 bits per heavy atom. The van der Waals surface area contributed by atoms with Gasteiger partial charge in [-0.15, -0.1) is 0 Å². The van der Waals surface area contributed by atoms with Gasteiger partial charge in [0.1, 0.15) is 16.4 Å². The third kappa shape index (κ3) is 34.1. The van der Waals surface area contributed by atoms with Crippen molar-refractivity contribution in [2.24, 2.45) is 41.4 Å². The number of rotatable bonds is 30. The Balaban J connectivity index is 0.000000196. The fourth-order valence-electron chi connectivity index (χ4n) is 19.9. The number of hydrogen-bond acceptors (Lipinski definition) is 24. The molecule has 5 aromatic carbocycles. The van der Waals surface area contributed by atoms with E-state index in [9.17, 15) is 74.7 Å². The van der Waals surface area contributed by atoms with Gasteiger partial charge in [0.25, 0.3) is 17.1 Å². The van der Waals surface area contributed by atoms with Crippen LogP contribution in [0.15, 0.2) is 91.0 Å². The number of imidazole rings is 1. The topological polar surface area (TPSA) is 466 Å². The van der Waals surface area contributed by atoms with Crippen molar-refractivity contribution in [1.29, 1.82) is 0 Å². The first-order valence-corrected chi connectivity index (χ1v) is 49.8. The molecule has 1 aromatic heterocycles. The molecule has 15 N–H and O–H groups in total. The number of nitrogens with one attached hydrogen (secondary N) is 8. The van der Waals surface area contributed by atoms with Crippen LogP contribution >= 0.6 is 11.6 Å². The molecule has 34 heteroatoms. The van der Waals surface area contributed by atoms with E-state index in [4.69, 9.17) is 27.4 Å². The molecule has 7 aliphatic rings. The summed E-state index contributed by atoms with van der Waals surface area (Å²) in [4.78, 5) is 105. The van der Waals surface area contributed by atoms with Crippen molar-refractivity contribution in [1.82, 2.24) is 45.5 Å². The summed E-state index contributed by atoms with van der Waals surface area (Å²) < 4.78 is 2.19. The van der Waals surface area contributed by atoms with Crippen molar-refractivity contribution in [3.63, 3.8) is 0 Å². The van der Waals surface area contributed by atoms with Crippen molar-refractivity contribution in [3.05, 3.63) is 154 Å². The summed E-state index contributed by atoms with van der Waals surface area (Å²) in [5.74, 6) is 2.27. The van der Waals surface area contributed by atoms with Gasteiger partial charge in [0, 0.05) is 117 Å². The second-order valence-corrected chi connectivity index (χ2v) is 42.1. The van der Waals surface area contributed by atoms with Gasteiger partial charge < -0.3 is 73.1 Å². The summed E-state index contributed by atoms with van der Waals surface area (Å²) in [6.07, 6.45) is 19.6. The van der Waals surface area contributed by atoms with Crippen LogP contribution in [-0.4, -0.2) is 192 Å². The number of halogens is 1. The van der Waals surface area contributed by atoms with Crippen LogP contribution in [0.3, 0.4) is 0 Å². The van der Waals surface area contributed by atoms with Gasteiger partial charge in [-0.05, 0) is 378 Å². The number of hydrogen-bond donors (Lipinski definition) is 14. The first kappa shape index (κ1) is 110. The van der Waals surface area contributed by atoms with Crippen LogP contribution in [0, 0.1) is 71.8 Å². The highest BCUT2D eigenvalue weighted by Crippen LogP contribution is 2.41. The number of carbonyl (C=O) groups excluding carboxylic acids is 5. The first-order valence-electron chi connectivity index (χ1n) is 49.4. The third-order valence-corrected chi connectivity index (χ3v) is 28.1. The SMILES string of the molecule is CC(=O)Nc1nc2ccc(CN3CCC(C(C)(C)O)CC3)cc2n1C1CCC(C(=O)NC(C)C)CC1.CC(C)NC(=O)C1CCC(Nc2cc(CN3CCC(C(C)(C)O)CC3)ccc2N)CC1.CC(C)NC(=O)C1CCC(Nc2cc(CN3CCC(C(C)(C)O)CC3)ccc2[N+](=O)[O-])CC1.CC(C)NC(=O)C1CCC(Nc2cc(CO)ccc2[N+](=O)[O-])CC1.O=[N+]([O-])c1ccc(CO)cc1Cl. The number of fused-ring (bicyclic) bond motifs is 1. The molecule has 5 amide bonds. The predicted octanol–water partition coefficient (Wildman–Crippen LogP) is 16.4. The maximum atomic E-state index is 12.5. The standard InChI is InChI=1S/C28H43N5O3.C25H40N4O4.C25H42N4O2.C17H25N3O4.C7H6ClNO3/c1-18(2)29-26(35)21-7-9-23(10-8-21)33-25-16-20(6-11-24(25)31-27(33)30-19(3)34)17-32-14-12-22(13-15-32)28(4,5)36;1-17(2)26-24(30)19-6-8-21(9-7-19)27-22-15-18(5-10-23(22)29(32)33)16-28-13-11-20(12-14-28)25(3,4)31;1-17(2)27-24(30)19-6-8-21(9-7-19)28-23-15-18(5-10-22(23)26)16-29-13-11-20(12-14-29)25(3,4)31;1-11(2)18-17(22)13-4-6-14(7-5-13)19-15-9-12(10-21)3-8-16(15)20(23)24;8-6-3-5(4-10)1-2-7(6)9(11)12/h6,11,16,18,21-23,36H,7-10,12-15,17H2,1-5H3,(H,29,35)(H,30,31,34);5,10,15,17,19-21,27,31H,6-9,11-14,16H2,1-4H3,(H,26,30);5,10,15,17,19-21,28,31H,6-9,11-14,16,26H2,1-4H3,(H,27,30);3,8-9,11,13-14,19,21H,4-7,10H2,1-2H3,(H,18,22);1-3,10H,4H2. The van der Waals surface area contributed by atoms with E-state index in [-0.39, 0.29) is 136 Å². The Kier molecular flexibility index (Phi) is 41.4. The number of benzene rings is 5. The Labute approximate surface area is 808 Å². The number of anilines is 5. The van der Waals surface area contributed by atoms with Crippen molar-refractivity contribution in [3.8, 4) is 0 Å². The van der Waals surface area contributed by atoms with Gasteiger partial charge in [0.2, 0.25) is 35.5 Å². The molecule has 33 nitrogen and oxygen atoms in total. The number of aliphatic hydroxyl groups excluding tert-OH is 2. The van der Waals surface area contributed by atoms with Crippen LogP contribution in [0.2, 0.25) is 5.02 Å². The zero-order valence-corrected chi connectivity index (χ0v) is 83.7. The van der Waals surface area contributed by atoms with Crippen LogP contribution in [0.1, 0.15) is 279 Å². The van der Waals surface area contributed by atoms with Crippen molar-refractivity contribution in [2.45, 2.75) is 343 Å². The number of nitrogen functional groups attached to an aromatic ring is 1. The predicted molar refractivity (Wildman–Crippen MR) is 536 cm³/mol. The van der Waals surface area contributed by atoms with E-state index in [1.54, 1.807) is 18.2 Å². The van der Waals surface area contributed by atoms with E-state index in [0.717, 1.165) is 228 Å². The average Bonchev–Trinajstić information content (AvgIpc) is 1.62. The van der Waals surface area contributed by atoms with E-state index in [1.807, 2.05) is 115 Å². The second kappa shape index (κ2) is 51.3. The minimum atomic E-state index is -0.648. The average molecular weight is 1910 g/mol. The van der Waals surface area contributed by atoms with Gasteiger partial charge in [-0.3, -0.25) is 74.3 Å². The van der Waals surface area contributed by atoms with Crippen LogP contribution in [0.25, 0.3) is 11.0 Å². The molecule has 752 valence electrons. The Bertz CT molecular complexity index is 4900. The van der Waals surface area contributed by atoms with Crippen LogP contribution < -0.4 is 48.3 Å². The fourth-order valence-corrected chi connectivity index (χ4v) is 20.2. The van der Waals surface area contributed by atoms with Gasteiger partial charge >= 0.3 is 0 Å². The molecule has 0 atom stereocenters. The maximum absolute atomic E-state index is 12.5. The monoisotopic (exact) mass is 1910 g/mol. The van der Waals surface area contributed by atoms with Crippen LogP contribution in [-0.2, 0) is 56.8 Å². The lowest BCUT2D eigenvalue weighted by Crippen LogP contribution is -2.41. The quantitative estimate of drug-likeness (QED) is 0.0113. The smallest absolute Gasteiger partial charge is 0.292 e. The van der Waals surface area contributed by atoms with Gasteiger partial charge in [0.15, 0.2) is 0 Å².